The van der Waals surface area contributed by atoms with Gasteiger partial charge in [0, 0.05) is 18.6 Å². The molecular weight excluding hydrogens is 245 g/mol. The van der Waals surface area contributed by atoms with Crippen LogP contribution >= 0.6 is 28.3 Å². The molecule has 0 radical (unpaired) electrons. The van der Waals surface area contributed by atoms with E-state index in [0.29, 0.717) is 11.2 Å². The first-order valence-electron chi connectivity index (χ1n) is 3.09. The minimum absolute atomic E-state index is 0.103. The van der Waals surface area contributed by atoms with Gasteiger partial charge in [-0.05, 0) is 15.9 Å². The Morgan fingerprint density at radius 2 is 2.17 bits per heavy atom. The third kappa shape index (κ3) is 1.11. The van der Waals surface area contributed by atoms with E-state index in [0.717, 1.165) is 4.47 Å². The van der Waals surface area contributed by atoms with Crippen LogP contribution in [0.15, 0.2) is 23.1 Å². The summed E-state index contributed by atoms with van der Waals surface area (Å²) >= 11 is 3.36. The number of hydrogen-bond acceptors (Lipinski definition) is 3. The highest BCUT2D eigenvalue weighted by Gasteiger charge is 2.08. The van der Waals surface area contributed by atoms with Gasteiger partial charge in [-0.3, -0.25) is 4.98 Å². The lowest BCUT2D eigenvalue weighted by Crippen LogP contribution is -1.84. The standard InChI is InChI=1S/C6H3BrFN3S/c7-4-3-11(12-8)6-5(4)9-1-2-10-6/h1-3H. The smallest absolute Gasteiger partial charge is 0.172 e. The predicted octanol–water partition coefficient (Wildman–Crippen LogP) is 2.57. The minimum Gasteiger partial charge on any atom is -0.250 e. The van der Waals surface area contributed by atoms with Crippen LogP contribution in [-0.2, 0) is 0 Å². The zero-order valence-electron chi connectivity index (χ0n) is 5.74. The Bertz CT molecular complexity index is 416. The van der Waals surface area contributed by atoms with Gasteiger partial charge in [0.05, 0.1) is 4.47 Å². The lowest BCUT2D eigenvalue weighted by Gasteiger charge is -1.91. The van der Waals surface area contributed by atoms with Crippen LogP contribution in [0.25, 0.3) is 11.2 Å². The van der Waals surface area contributed by atoms with Crippen molar-refractivity contribution < 1.29 is 3.89 Å². The first kappa shape index (κ1) is 8.00. The molecule has 12 heavy (non-hydrogen) atoms. The van der Waals surface area contributed by atoms with Gasteiger partial charge in [-0.15, -0.1) is 3.89 Å². The summed E-state index contributed by atoms with van der Waals surface area (Å²) in [5, 5.41) is 0. The maximum atomic E-state index is 12.3. The van der Waals surface area contributed by atoms with Gasteiger partial charge in [0.25, 0.3) is 0 Å². The number of aromatic nitrogens is 3. The van der Waals surface area contributed by atoms with Crippen molar-refractivity contribution in [3.63, 3.8) is 0 Å². The summed E-state index contributed by atoms with van der Waals surface area (Å²) in [6.45, 7) is 0. The molecule has 3 nitrogen and oxygen atoms in total. The van der Waals surface area contributed by atoms with Gasteiger partial charge in [0.1, 0.15) is 5.52 Å². The maximum Gasteiger partial charge on any atom is 0.172 e. The average molecular weight is 248 g/mol. The highest BCUT2D eigenvalue weighted by Crippen LogP contribution is 2.25. The fourth-order valence-corrected chi connectivity index (χ4v) is 1.90. The molecule has 2 heterocycles. The monoisotopic (exact) mass is 247 g/mol. The molecule has 0 aliphatic heterocycles. The van der Waals surface area contributed by atoms with Crippen LogP contribution in [0.3, 0.4) is 0 Å². The Balaban J connectivity index is 2.82. The topological polar surface area (TPSA) is 30.7 Å². The molecule has 0 N–H and O–H groups in total. The molecule has 0 bridgehead atoms. The van der Waals surface area contributed by atoms with Crippen molar-refractivity contribution in [2.24, 2.45) is 0 Å². The molecule has 2 aromatic heterocycles. The third-order valence-corrected chi connectivity index (χ3v) is 2.43. The van der Waals surface area contributed by atoms with Crippen molar-refractivity contribution in [1.29, 1.82) is 0 Å². The van der Waals surface area contributed by atoms with E-state index >= 15 is 0 Å². The molecule has 0 saturated carbocycles. The van der Waals surface area contributed by atoms with Gasteiger partial charge in [-0.2, -0.15) is 0 Å². The van der Waals surface area contributed by atoms with Crippen LogP contribution in [0.1, 0.15) is 0 Å². The number of rotatable bonds is 1. The van der Waals surface area contributed by atoms with Crippen molar-refractivity contribution in [2.45, 2.75) is 0 Å². The Hall–Kier alpha value is -0.620. The van der Waals surface area contributed by atoms with E-state index in [1.807, 2.05) is 0 Å². The largest absolute Gasteiger partial charge is 0.250 e. The fourth-order valence-electron chi connectivity index (χ4n) is 0.938. The molecular formula is C6H3BrFN3S. The summed E-state index contributed by atoms with van der Waals surface area (Å²) in [7, 11) is 0. The second-order valence-corrected chi connectivity index (χ2v) is 3.49. The number of hydrogen-bond donors (Lipinski definition) is 0. The summed E-state index contributed by atoms with van der Waals surface area (Å²) < 4.78 is 14.3. The van der Waals surface area contributed by atoms with Crippen LogP contribution < -0.4 is 0 Å². The van der Waals surface area contributed by atoms with E-state index in [4.69, 9.17) is 0 Å². The predicted molar refractivity (Wildman–Crippen MR) is 49.3 cm³/mol. The highest BCUT2D eigenvalue weighted by molar-refractivity contribution is 9.10. The van der Waals surface area contributed by atoms with Gasteiger partial charge < -0.3 is 0 Å². The van der Waals surface area contributed by atoms with Gasteiger partial charge in [-0.1, -0.05) is 0 Å². The summed E-state index contributed by atoms with van der Waals surface area (Å²) in [4.78, 5) is 8.02. The molecule has 0 aromatic carbocycles. The van der Waals surface area contributed by atoms with Gasteiger partial charge in [0.2, 0.25) is 0 Å². The van der Waals surface area contributed by atoms with Crippen LogP contribution in [0, 0.1) is 0 Å². The van der Waals surface area contributed by atoms with E-state index in [1.54, 1.807) is 12.4 Å². The van der Waals surface area contributed by atoms with Gasteiger partial charge in [-0.25, -0.2) is 8.96 Å². The zero-order valence-corrected chi connectivity index (χ0v) is 8.14. The Morgan fingerprint density at radius 1 is 1.42 bits per heavy atom. The lowest BCUT2D eigenvalue weighted by atomic mass is 10.5. The van der Waals surface area contributed by atoms with Gasteiger partial charge >= 0.3 is 0 Å². The van der Waals surface area contributed by atoms with Gasteiger partial charge in [0.15, 0.2) is 18.0 Å². The lowest BCUT2D eigenvalue weighted by molar-refractivity contribution is 0.919. The molecule has 0 aliphatic carbocycles. The van der Waals surface area contributed by atoms with Crippen molar-refractivity contribution >= 4 is 39.4 Å². The van der Waals surface area contributed by atoms with Crippen LogP contribution in [-0.4, -0.2) is 13.9 Å². The summed E-state index contributed by atoms with van der Waals surface area (Å²) in [5.41, 5.74) is 1.19. The van der Waals surface area contributed by atoms with Crippen LogP contribution in [0.5, 0.6) is 0 Å². The number of nitrogens with zero attached hydrogens (tertiary/aromatic N) is 3. The minimum atomic E-state index is 0.103. The third-order valence-electron chi connectivity index (χ3n) is 1.42. The molecule has 2 rings (SSSR count). The molecule has 2 aromatic rings. The molecule has 0 amide bonds. The second kappa shape index (κ2) is 3.02. The van der Waals surface area contributed by atoms with E-state index in [9.17, 15) is 3.89 Å². The number of fused-ring (bicyclic) bond motifs is 1. The van der Waals surface area contributed by atoms with E-state index in [1.165, 1.54) is 10.2 Å². The Morgan fingerprint density at radius 3 is 2.92 bits per heavy atom. The van der Waals surface area contributed by atoms with E-state index < -0.39 is 0 Å². The quantitative estimate of drug-likeness (QED) is 0.777. The normalized spacial score (nSPS) is 10.8. The van der Waals surface area contributed by atoms with E-state index in [2.05, 4.69) is 25.9 Å². The Labute approximate surface area is 80.6 Å². The molecule has 0 unspecified atom stereocenters. The molecule has 0 aliphatic rings. The van der Waals surface area contributed by atoms with E-state index in [-0.39, 0.29) is 12.3 Å². The van der Waals surface area contributed by atoms with Crippen molar-refractivity contribution in [1.82, 2.24) is 13.9 Å². The molecule has 0 atom stereocenters. The van der Waals surface area contributed by atoms with Crippen molar-refractivity contribution in [3.8, 4) is 0 Å². The first-order valence-corrected chi connectivity index (χ1v) is 4.56. The first-order chi connectivity index (χ1) is 5.83. The molecule has 0 saturated heterocycles. The average Bonchev–Trinajstić information content (AvgIpc) is 2.44. The SMILES string of the molecule is FSn1cc(Br)c2nccnc21. The summed E-state index contributed by atoms with van der Waals surface area (Å²) in [5.74, 6) is 0. The van der Waals surface area contributed by atoms with Crippen LogP contribution in [0.2, 0.25) is 0 Å². The maximum absolute atomic E-state index is 12.3. The summed E-state index contributed by atoms with van der Waals surface area (Å²) in [6, 6.07) is 0. The van der Waals surface area contributed by atoms with Crippen LogP contribution in [0.4, 0.5) is 3.89 Å². The highest BCUT2D eigenvalue weighted by atomic mass is 79.9. The van der Waals surface area contributed by atoms with Crippen molar-refractivity contribution in [3.05, 3.63) is 23.1 Å². The fraction of sp³-hybridized carbons (Fsp3) is 0. The number of halogens is 2. The van der Waals surface area contributed by atoms with Crippen molar-refractivity contribution in [2.75, 3.05) is 0 Å². The Kier molecular flexibility index (Phi) is 2.02. The second-order valence-electron chi connectivity index (χ2n) is 2.10. The molecule has 0 spiro atoms. The zero-order chi connectivity index (χ0) is 8.55. The molecule has 6 heteroatoms. The molecule has 62 valence electrons. The molecule has 0 fully saturated rings. The summed E-state index contributed by atoms with van der Waals surface area (Å²) in [6.07, 6.45) is 4.69.